The van der Waals surface area contributed by atoms with Gasteiger partial charge in [-0.25, -0.2) is 13.2 Å². The summed E-state index contributed by atoms with van der Waals surface area (Å²) < 4.78 is 24.6. The first-order valence-corrected chi connectivity index (χ1v) is 18.7. The smallest absolute Gasteiger partial charge is 0.315 e. The Kier molecular flexibility index (Phi) is 10.4. The first-order chi connectivity index (χ1) is 21.3. The second kappa shape index (κ2) is 13.3. The number of likely N-dealkylation sites (tertiary alicyclic amines) is 1. The third-order valence-corrected chi connectivity index (χ3v) is 11.5. The summed E-state index contributed by atoms with van der Waals surface area (Å²) in [5.41, 5.74) is -1.86. The van der Waals surface area contributed by atoms with Crippen LogP contribution in [0.5, 0.6) is 0 Å². The summed E-state index contributed by atoms with van der Waals surface area (Å²) in [7, 11) is -3.39. The number of fused-ring (bicyclic) bond motifs is 1. The lowest BCUT2D eigenvalue weighted by Crippen LogP contribution is -2.63. The fraction of sp³-hybridized carbons (Fsp3) is 0.788. The van der Waals surface area contributed by atoms with Crippen molar-refractivity contribution in [2.24, 2.45) is 28.6 Å². The van der Waals surface area contributed by atoms with Crippen LogP contribution in [-0.2, 0) is 29.0 Å². The van der Waals surface area contributed by atoms with Gasteiger partial charge in [0.2, 0.25) is 17.6 Å². The van der Waals surface area contributed by atoms with E-state index >= 15 is 0 Å². The number of urea groups is 1. The molecule has 3 aliphatic carbocycles. The zero-order valence-electron chi connectivity index (χ0n) is 28.2. The molecule has 2 unspecified atom stereocenters. The Balaban J connectivity index is 1.54. The van der Waals surface area contributed by atoms with E-state index in [2.05, 4.69) is 41.7 Å². The number of piperidine rings is 1. The van der Waals surface area contributed by atoms with E-state index in [4.69, 9.17) is 0 Å². The lowest BCUT2D eigenvalue weighted by atomic mass is 9.83. The van der Waals surface area contributed by atoms with Crippen molar-refractivity contribution in [1.82, 2.24) is 26.2 Å². The molecule has 0 aromatic rings. The lowest BCUT2D eigenvalue weighted by molar-refractivity contribution is -0.145. The molecule has 5 amide bonds. The molecule has 12 nitrogen and oxygen atoms in total. The SMILES string of the molecule is C=CCNC(=O)C(=O)C(CC1CC1)NC(=O)[C@@H]1[C@@H]2C(CN1C(=O)[C@@H](NC(=O)NC1(CS(C)(=O)=O)CCCCC1)C(C)(C)C)C2(C)C. The van der Waals surface area contributed by atoms with Crippen molar-refractivity contribution in [2.45, 2.75) is 110 Å². The molecule has 5 atom stereocenters. The minimum atomic E-state index is -3.39. The Bertz CT molecular complexity index is 1340. The fourth-order valence-electron chi connectivity index (χ4n) is 7.66. The van der Waals surface area contributed by atoms with E-state index in [0.29, 0.717) is 25.8 Å². The molecule has 0 aromatic heterocycles. The Labute approximate surface area is 273 Å². The summed E-state index contributed by atoms with van der Waals surface area (Å²) in [4.78, 5) is 69.0. The number of carbonyl (C=O) groups is 5. The second-order valence-electron chi connectivity index (χ2n) is 15.8. The lowest BCUT2D eigenvalue weighted by Gasteiger charge is -2.40. The highest BCUT2D eigenvalue weighted by Gasteiger charge is 2.70. The number of sulfone groups is 1. The third-order valence-electron chi connectivity index (χ3n) is 10.4. The van der Waals surface area contributed by atoms with Gasteiger partial charge in [0.25, 0.3) is 5.91 Å². The van der Waals surface area contributed by atoms with Crippen LogP contribution in [0.3, 0.4) is 0 Å². The first-order valence-electron chi connectivity index (χ1n) is 16.6. The van der Waals surface area contributed by atoms with Gasteiger partial charge in [-0.1, -0.05) is 72.8 Å². The van der Waals surface area contributed by atoms with Crippen molar-refractivity contribution < 1.29 is 32.4 Å². The van der Waals surface area contributed by atoms with Crippen LogP contribution >= 0.6 is 0 Å². The quantitative estimate of drug-likeness (QED) is 0.173. The molecule has 3 saturated carbocycles. The topological polar surface area (TPSA) is 171 Å². The molecule has 1 heterocycles. The van der Waals surface area contributed by atoms with Crippen LogP contribution in [0.4, 0.5) is 4.79 Å². The molecule has 4 aliphatic rings. The van der Waals surface area contributed by atoms with Gasteiger partial charge in [0, 0.05) is 19.3 Å². The number of amides is 5. The standard InChI is InChI=1S/C33H53N5O7S/c1-8-16-34-28(41)25(39)22(17-20-12-13-20)35-27(40)24-23-21(32(23,5)6)18-38(24)29(42)26(31(2,3)4)36-30(43)37-33(19-46(7,44)45)14-10-9-11-15-33/h8,20-24,26H,1,9-19H2,2-7H3,(H,34,41)(H,35,40)(H2,36,37,43)/t21?,22?,23-,24-,26+/m0/s1. The molecule has 0 radical (unpaired) electrons. The number of nitrogens with one attached hydrogen (secondary N) is 4. The predicted molar refractivity (Wildman–Crippen MR) is 174 cm³/mol. The number of nitrogens with zero attached hydrogens (tertiary/aromatic N) is 1. The highest BCUT2D eigenvalue weighted by atomic mass is 32.2. The highest BCUT2D eigenvalue weighted by Crippen LogP contribution is 2.65. The molecular formula is C33H53N5O7S. The number of rotatable bonds is 13. The molecule has 0 spiro atoms. The van der Waals surface area contributed by atoms with Crippen molar-refractivity contribution in [3.05, 3.63) is 12.7 Å². The molecule has 13 heteroatoms. The molecule has 1 aliphatic heterocycles. The van der Waals surface area contributed by atoms with E-state index in [1.165, 1.54) is 11.0 Å². The van der Waals surface area contributed by atoms with Crippen LogP contribution in [0.1, 0.15) is 86.0 Å². The van der Waals surface area contributed by atoms with Crippen LogP contribution in [0, 0.1) is 28.6 Å². The minimum Gasteiger partial charge on any atom is -0.346 e. The van der Waals surface area contributed by atoms with Gasteiger partial charge in [-0.05, 0) is 47.8 Å². The highest BCUT2D eigenvalue weighted by molar-refractivity contribution is 7.90. The maximum atomic E-state index is 14.3. The van der Waals surface area contributed by atoms with Gasteiger partial charge < -0.3 is 26.2 Å². The van der Waals surface area contributed by atoms with Gasteiger partial charge in [0.15, 0.2) is 0 Å². The van der Waals surface area contributed by atoms with E-state index in [1.807, 2.05) is 20.8 Å². The number of carbonyl (C=O) groups excluding carboxylic acids is 5. The summed E-state index contributed by atoms with van der Waals surface area (Å²) in [5, 5.41) is 11.1. The Morgan fingerprint density at radius 2 is 1.65 bits per heavy atom. The van der Waals surface area contributed by atoms with Crippen LogP contribution in [0.2, 0.25) is 0 Å². The van der Waals surface area contributed by atoms with Crippen molar-refractivity contribution in [3.8, 4) is 0 Å². The fourth-order valence-corrected chi connectivity index (χ4v) is 9.02. The first kappa shape index (κ1) is 35.9. The van der Waals surface area contributed by atoms with Crippen molar-refractivity contribution >= 4 is 39.4 Å². The van der Waals surface area contributed by atoms with Crippen molar-refractivity contribution in [3.63, 3.8) is 0 Å². The van der Waals surface area contributed by atoms with E-state index in [9.17, 15) is 32.4 Å². The molecule has 1 saturated heterocycles. The number of Topliss-reactive ketones (excluding diaryl/α,β-unsaturated/α-hetero) is 1. The molecule has 4 rings (SSSR count). The second-order valence-corrected chi connectivity index (χ2v) is 17.9. The third kappa shape index (κ3) is 8.30. The van der Waals surface area contributed by atoms with E-state index < -0.39 is 68.5 Å². The Morgan fingerprint density at radius 3 is 2.20 bits per heavy atom. The molecule has 4 fully saturated rings. The van der Waals surface area contributed by atoms with E-state index in [0.717, 1.165) is 38.4 Å². The Hall–Kier alpha value is -2.96. The van der Waals surface area contributed by atoms with E-state index in [1.54, 1.807) is 0 Å². The van der Waals surface area contributed by atoms with Gasteiger partial charge in [-0.3, -0.25) is 19.2 Å². The minimum absolute atomic E-state index is 0.0652. The molecule has 0 aromatic carbocycles. The summed E-state index contributed by atoms with van der Waals surface area (Å²) in [6.45, 7) is 13.6. The summed E-state index contributed by atoms with van der Waals surface area (Å²) in [6.07, 6.45) is 8.43. The molecule has 4 N–H and O–H groups in total. The van der Waals surface area contributed by atoms with Gasteiger partial charge in [0.05, 0.1) is 17.3 Å². The van der Waals surface area contributed by atoms with E-state index in [-0.39, 0.29) is 35.5 Å². The van der Waals surface area contributed by atoms with Crippen LogP contribution in [-0.4, -0.2) is 91.6 Å². The average molecular weight is 664 g/mol. The number of ketones is 1. The zero-order valence-corrected chi connectivity index (χ0v) is 29.1. The zero-order chi connectivity index (χ0) is 34.2. The maximum Gasteiger partial charge on any atom is 0.315 e. The van der Waals surface area contributed by atoms with Gasteiger partial charge in [0.1, 0.15) is 21.9 Å². The summed E-state index contributed by atoms with van der Waals surface area (Å²) in [6, 6.07) is -3.52. The maximum absolute atomic E-state index is 14.3. The summed E-state index contributed by atoms with van der Waals surface area (Å²) >= 11 is 0. The predicted octanol–water partition coefficient (Wildman–Crippen LogP) is 2.09. The monoisotopic (exact) mass is 663 g/mol. The van der Waals surface area contributed by atoms with Crippen LogP contribution < -0.4 is 21.3 Å². The van der Waals surface area contributed by atoms with Gasteiger partial charge in [-0.15, -0.1) is 6.58 Å². The Morgan fingerprint density at radius 1 is 1.02 bits per heavy atom. The average Bonchev–Trinajstić information content (AvgIpc) is 3.79. The number of hydrogen-bond donors (Lipinski definition) is 4. The van der Waals surface area contributed by atoms with Crippen LogP contribution in [0.25, 0.3) is 0 Å². The van der Waals surface area contributed by atoms with Gasteiger partial charge in [-0.2, -0.15) is 0 Å². The molecule has 0 bridgehead atoms. The molecular weight excluding hydrogens is 610 g/mol. The van der Waals surface area contributed by atoms with Crippen molar-refractivity contribution in [1.29, 1.82) is 0 Å². The van der Waals surface area contributed by atoms with Crippen LogP contribution in [0.15, 0.2) is 12.7 Å². The van der Waals surface area contributed by atoms with Gasteiger partial charge >= 0.3 is 6.03 Å². The largest absolute Gasteiger partial charge is 0.346 e. The molecule has 46 heavy (non-hydrogen) atoms. The summed E-state index contributed by atoms with van der Waals surface area (Å²) in [5.74, 6) is -2.41. The van der Waals surface area contributed by atoms with Crippen molar-refractivity contribution in [2.75, 3.05) is 25.1 Å². The number of hydrogen-bond acceptors (Lipinski definition) is 7. The molecule has 258 valence electrons. The normalized spacial score (nSPS) is 26.1.